The van der Waals surface area contributed by atoms with E-state index in [9.17, 15) is 0 Å². The quantitative estimate of drug-likeness (QED) is 0.659. The van der Waals surface area contributed by atoms with Gasteiger partial charge in [0.1, 0.15) is 11.0 Å². The molecule has 7 heteroatoms. The van der Waals surface area contributed by atoms with Crippen LogP contribution in [0.2, 0.25) is 10.0 Å². The number of hydrogen-bond acceptors (Lipinski definition) is 5. The lowest BCUT2D eigenvalue weighted by atomic mass is 10.1. The van der Waals surface area contributed by atoms with Crippen molar-refractivity contribution in [2.75, 3.05) is 5.32 Å². The van der Waals surface area contributed by atoms with Gasteiger partial charge in [-0.1, -0.05) is 29.3 Å². The zero-order valence-corrected chi connectivity index (χ0v) is 14.0. The highest BCUT2D eigenvalue weighted by atomic mass is 35.5. The zero-order valence-electron chi connectivity index (χ0n) is 10.8. The minimum absolute atomic E-state index is 0.286. The van der Waals surface area contributed by atoms with Crippen LogP contribution in [0.1, 0.15) is 23.8 Å². The number of fused-ring (bicyclic) bond motifs is 1. The normalized spacial score (nSPS) is 16.3. The highest BCUT2D eigenvalue weighted by Gasteiger charge is 2.34. The first kappa shape index (κ1) is 13.8. The van der Waals surface area contributed by atoms with Crippen molar-refractivity contribution in [1.82, 2.24) is 8.75 Å². The van der Waals surface area contributed by atoms with Crippen LogP contribution in [0.25, 0.3) is 11.0 Å². The van der Waals surface area contributed by atoms with E-state index in [0.717, 1.165) is 22.9 Å². The minimum Gasteiger partial charge on any atom is -0.374 e. The number of benzene rings is 1. The number of rotatable bonds is 4. The molecule has 1 aliphatic carbocycles. The number of thiophene rings is 1. The van der Waals surface area contributed by atoms with Gasteiger partial charge in [-0.2, -0.15) is 8.75 Å². The molecule has 2 heterocycles. The molecule has 1 aromatic carbocycles. The van der Waals surface area contributed by atoms with Gasteiger partial charge in [0.2, 0.25) is 0 Å². The Morgan fingerprint density at radius 1 is 1.19 bits per heavy atom. The molecular weight excluding hydrogens is 345 g/mol. The molecule has 21 heavy (non-hydrogen) atoms. The monoisotopic (exact) mass is 355 g/mol. The molecule has 3 aromatic rings. The van der Waals surface area contributed by atoms with E-state index in [1.165, 1.54) is 17.7 Å². The van der Waals surface area contributed by atoms with Crippen LogP contribution in [0.5, 0.6) is 0 Å². The zero-order chi connectivity index (χ0) is 14.4. The van der Waals surface area contributed by atoms with Crippen LogP contribution in [0.15, 0.2) is 23.6 Å². The number of anilines is 1. The van der Waals surface area contributed by atoms with Crippen molar-refractivity contribution in [2.45, 2.75) is 18.9 Å². The Kier molecular flexibility index (Phi) is 3.53. The van der Waals surface area contributed by atoms with Crippen LogP contribution in [0.3, 0.4) is 0 Å². The number of aromatic nitrogens is 2. The molecule has 0 amide bonds. The Morgan fingerprint density at radius 3 is 2.71 bits per heavy atom. The second-order valence-electron chi connectivity index (χ2n) is 5.15. The standard InChI is InChI=1S/C14H11Cl2N3S2/c15-8-6-9(16)13-14(19-21-18-13)12(8)17-11(7-3-4-7)10-2-1-5-20-10/h1-2,5-7,11,17H,3-4H2. The van der Waals surface area contributed by atoms with Crippen molar-refractivity contribution in [1.29, 1.82) is 0 Å². The SMILES string of the molecule is Clc1cc(Cl)c2nsnc2c1NC(c1cccs1)C1CC1. The average Bonchev–Trinajstić information content (AvgIpc) is 2.97. The first-order valence-corrected chi connectivity index (χ1v) is 9.01. The Balaban J connectivity index is 1.78. The molecule has 0 bridgehead atoms. The summed E-state index contributed by atoms with van der Waals surface area (Å²) < 4.78 is 8.61. The molecule has 1 fully saturated rings. The van der Waals surface area contributed by atoms with Gasteiger partial charge in [-0.25, -0.2) is 0 Å². The number of halogens is 2. The van der Waals surface area contributed by atoms with E-state index in [4.69, 9.17) is 23.2 Å². The van der Waals surface area contributed by atoms with Crippen LogP contribution in [-0.2, 0) is 0 Å². The second kappa shape index (κ2) is 5.39. The summed E-state index contributed by atoms with van der Waals surface area (Å²) in [7, 11) is 0. The molecule has 0 saturated heterocycles. The van der Waals surface area contributed by atoms with Gasteiger partial charge < -0.3 is 5.32 Å². The third-order valence-electron chi connectivity index (χ3n) is 3.69. The van der Waals surface area contributed by atoms with E-state index in [1.807, 2.05) is 0 Å². The first-order chi connectivity index (χ1) is 10.2. The van der Waals surface area contributed by atoms with Gasteiger partial charge in [-0.05, 0) is 36.3 Å². The molecule has 1 aliphatic rings. The minimum atomic E-state index is 0.286. The highest BCUT2D eigenvalue weighted by molar-refractivity contribution is 7.10. The molecule has 108 valence electrons. The lowest BCUT2D eigenvalue weighted by molar-refractivity contribution is 0.692. The van der Waals surface area contributed by atoms with Crippen LogP contribution in [-0.4, -0.2) is 8.75 Å². The van der Waals surface area contributed by atoms with Crippen molar-refractivity contribution < 1.29 is 0 Å². The van der Waals surface area contributed by atoms with E-state index in [0.29, 0.717) is 21.5 Å². The van der Waals surface area contributed by atoms with Crippen molar-refractivity contribution >= 4 is 63.0 Å². The van der Waals surface area contributed by atoms with Crippen molar-refractivity contribution in [2.24, 2.45) is 5.92 Å². The van der Waals surface area contributed by atoms with Crippen LogP contribution in [0, 0.1) is 5.92 Å². The average molecular weight is 356 g/mol. The van der Waals surface area contributed by atoms with E-state index in [2.05, 4.69) is 31.6 Å². The van der Waals surface area contributed by atoms with Gasteiger partial charge in [0.05, 0.1) is 33.5 Å². The predicted molar refractivity (Wildman–Crippen MR) is 90.8 cm³/mol. The van der Waals surface area contributed by atoms with Crippen LogP contribution >= 0.6 is 46.3 Å². The number of hydrogen-bond donors (Lipinski definition) is 1. The van der Waals surface area contributed by atoms with E-state index in [-0.39, 0.29) is 6.04 Å². The Morgan fingerprint density at radius 2 is 2.00 bits per heavy atom. The fourth-order valence-corrected chi connectivity index (χ4v) is 4.52. The fraction of sp³-hybridized carbons (Fsp3) is 0.286. The summed E-state index contributed by atoms with van der Waals surface area (Å²) in [6.07, 6.45) is 2.50. The third-order valence-corrected chi connectivity index (χ3v) is 5.76. The Bertz CT molecular complexity index is 781. The molecule has 3 nitrogen and oxygen atoms in total. The van der Waals surface area contributed by atoms with E-state index >= 15 is 0 Å². The summed E-state index contributed by atoms with van der Waals surface area (Å²) in [4.78, 5) is 1.33. The molecule has 1 N–H and O–H groups in total. The molecule has 2 aromatic heterocycles. The summed E-state index contributed by atoms with van der Waals surface area (Å²) in [6, 6.07) is 6.28. The van der Waals surface area contributed by atoms with Crippen LogP contribution < -0.4 is 5.32 Å². The molecule has 0 aliphatic heterocycles. The summed E-state index contributed by atoms with van der Waals surface area (Å²) in [5, 5.41) is 6.85. The number of nitrogens with one attached hydrogen (secondary N) is 1. The van der Waals surface area contributed by atoms with E-state index in [1.54, 1.807) is 17.4 Å². The van der Waals surface area contributed by atoms with Crippen LogP contribution in [0.4, 0.5) is 5.69 Å². The van der Waals surface area contributed by atoms with Gasteiger partial charge in [-0.3, -0.25) is 0 Å². The lowest BCUT2D eigenvalue weighted by Gasteiger charge is -2.19. The molecule has 0 spiro atoms. The maximum atomic E-state index is 6.39. The van der Waals surface area contributed by atoms with E-state index < -0.39 is 0 Å². The molecular formula is C14H11Cl2N3S2. The van der Waals surface area contributed by atoms with Gasteiger partial charge in [-0.15, -0.1) is 11.3 Å². The molecule has 1 atom stereocenters. The summed E-state index contributed by atoms with van der Waals surface area (Å²) in [6.45, 7) is 0. The lowest BCUT2D eigenvalue weighted by Crippen LogP contribution is -2.12. The highest BCUT2D eigenvalue weighted by Crippen LogP contribution is 2.46. The fourth-order valence-electron chi connectivity index (χ4n) is 2.49. The second-order valence-corrected chi connectivity index (χ2v) is 7.47. The molecule has 1 unspecified atom stereocenters. The Hall–Kier alpha value is -0.880. The molecule has 0 radical (unpaired) electrons. The topological polar surface area (TPSA) is 37.8 Å². The molecule has 4 rings (SSSR count). The van der Waals surface area contributed by atoms with Gasteiger partial charge >= 0.3 is 0 Å². The van der Waals surface area contributed by atoms with Crippen molar-refractivity contribution in [3.05, 3.63) is 38.5 Å². The third kappa shape index (κ3) is 2.52. The maximum Gasteiger partial charge on any atom is 0.130 e. The van der Waals surface area contributed by atoms with Gasteiger partial charge in [0, 0.05) is 4.88 Å². The van der Waals surface area contributed by atoms with Gasteiger partial charge in [0.25, 0.3) is 0 Å². The van der Waals surface area contributed by atoms with Crippen molar-refractivity contribution in [3.63, 3.8) is 0 Å². The van der Waals surface area contributed by atoms with Crippen molar-refractivity contribution in [3.8, 4) is 0 Å². The predicted octanol–water partition coefficient (Wildman–Crippen LogP) is 5.62. The maximum absolute atomic E-state index is 6.39. The summed E-state index contributed by atoms with van der Waals surface area (Å²) >= 11 is 15.5. The smallest absolute Gasteiger partial charge is 0.130 e. The van der Waals surface area contributed by atoms with Gasteiger partial charge in [0.15, 0.2) is 0 Å². The summed E-state index contributed by atoms with van der Waals surface area (Å²) in [5.41, 5.74) is 2.32. The largest absolute Gasteiger partial charge is 0.374 e. The Labute approximate surface area is 140 Å². The molecule has 1 saturated carbocycles. The number of nitrogens with zero attached hydrogens (tertiary/aromatic N) is 2. The first-order valence-electron chi connectivity index (χ1n) is 6.64. The summed E-state index contributed by atoms with van der Waals surface area (Å²) in [5.74, 6) is 0.664.